The van der Waals surface area contributed by atoms with E-state index in [0.29, 0.717) is 23.6 Å². The van der Waals surface area contributed by atoms with Gasteiger partial charge in [0.2, 0.25) is 5.75 Å². The van der Waals surface area contributed by atoms with E-state index in [1.807, 2.05) is 26.0 Å². The van der Waals surface area contributed by atoms with E-state index in [4.69, 9.17) is 15.2 Å². The monoisotopic (exact) mass is 372 g/mol. The lowest BCUT2D eigenvalue weighted by molar-refractivity contribution is 0.282. The van der Waals surface area contributed by atoms with E-state index in [1.165, 1.54) is 25.7 Å². The van der Waals surface area contributed by atoms with Gasteiger partial charge in [-0.1, -0.05) is 46.0 Å². The molecule has 3 N–H and O–H groups in total. The number of aromatic amines is 1. The summed E-state index contributed by atoms with van der Waals surface area (Å²) in [7, 11) is 0. The van der Waals surface area contributed by atoms with Gasteiger partial charge >= 0.3 is 0 Å². The van der Waals surface area contributed by atoms with Crippen LogP contribution >= 0.6 is 0 Å². The zero-order chi connectivity index (χ0) is 19.6. The van der Waals surface area contributed by atoms with Crippen molar-refractivity contribution in [1.82, 2.24) is 4.98 Å². The van der Waals surface area contributed by atoms with E-state index < -0.39 is 0 Å². The number of H-pyrrole nitrogens is 1. The summed E-state index contributed by atoms with van der Waals surface area (Å²) < 4.78 is 11.9. The molecule has 0 atom stereocenters. The number of nitrogen functional groups attached to an aromatic ring is 1. The number of hydrogen-bond acceptors (Lipinski definition) is 4. The highest BCUT2D eigenvalue weighted by Gasteiger charge is 2.17. The van der Waals surface area contributed by atoms with Gasteiger partial charge in [0.05, 0.1) is 17.9 Å². The Kier molecular flexibility index (Phi) is 8.24. The van der Waals surface area contributed by atoms with Crippen LogP contribution in [0, 0.1) is 0 Å². The SMILES string of the molecule is CC=C(CC)Oc1c(OCCCCCCCC)c(=O)[nH]c2cc(N)ccc12. The third kappa shape index (κ3) is 5.78. The molecule has 5 heteroatoms. The first-order chi connectivity index (χ1) is 13.1. The van der Waals surface area contributed by atoms with Crippen molar-refractivity contribution in [2.45, 2.75) is 65.7 Å². The van der Waals surface area contributed by atoms with Crippen LogP contribution in [0.25, 0.3) is 10.9 Å². The summed E-state index contributed by atoms with van der Waals surface area (Å²) in [4.78, 5) is 15.5. The highest BCUT2D eigenvalue weighted by molar-refractivity contribution is 5.89. The van der Waals surface area contributed by atoms with Crippen molar-refractivity contribution in [3.63, 3.8) is 0 Å². The first kappa shape index (κ1) is 20.9. The minimum Gasteiger partial charge on any atom is -0.485 e. The van der Waals surface area contributed by atoms with Crippen molar-refractivity contribution in [2.24, 2.45) is 0 Å². The summed E-state index contributed by atoms with van der Waals surface area (Å²) in [6.07, 6.45) is 9.63. The number of fused-ring (bicyclic) bond motifs is 1. The van der Waals surface area contributed by atoms with Crippen LogP contribution in [0.3, 0.4) is 0 Å². The van der Waals surface area contributed by atoms with Crippen LogP contribution in [0.4, 0.5) is 5.69 Å². The molecule has 148 valence electrons. The molecular weight excluding hydrogens is 340 g/mol. The van der Waals surface area contributed by atoms with E-state index in [9.17, 15) is 4.79 Å². The van der Waals surface area contributed by atoms with E-state index >= 15 is 0 Å². The maximum Gasteiger partial charge on any atom is 0.294 e. The largest absolute Gasteiger partial charge is 0.485 e. The quantitative estimate of drug-likeness (QED) is 0.308. The summed E-state index contributed by atoms with van der Waals surface area (Å²) >= 11 is 0. The minimum atomic E-state index is -0.291. The van der Waals surface area contributed by atoms with Gasteiger partial charge in [0, 0.05) is 17.5 Å². The minimum absolute atomic E-state index is 0.244. The van der Waals surface area contributed by atoms with E-state index in [0.717, 1.165) is 30.4 Å². The van der Waals surface area contributed by atoms with Gasteiger partial charge in [0.25, 0.3) is 5.56 Å². The molecule has 0 fully saturated rings. The highest BCUT2D eigenvalue weighted by atomic mass is 16.5. The van der Waals surface area contributed by atoms with E-state index in [2.05, 4.69) is 11.9 Å². The normalized spacial score (nSPS) is 11.7. The molecule has 5 nitrogen and oxygen atoms in total. The number of ether oxygens (including phenoxy) is 2. The molecule has 2 rings (SSSR count). The summed E-state index contributed by atoms with van der Waals surface area (Å²) in [5, 5.41) is 0.787. The molecule has 0 unspecified atom stereocenters. The first-order valence-electron chi connectivity index (χ1n) is 10.0. The second-order valence-corrected chi connectivity index (χ2v) is 6.74. The predicted molar refractivity (Wildman–Crippen MR) is 113 cm³/mol. The van der Waals surface area contributed by atoms with Crippen molar-refractivity contribution in [3.05, 3.63) is 40.4 Å². The zero-order valence-electron chi connectivity index (χ0n) is 16.8. The Hall–Kier alpha value is -2.43. The predicted octanol–water partition coefficient (Wildman–Crippen LogP) is 5.54. The Labute approximate surface area is 161 Å². The molecule has 0 amide bonds. The fraction of sp³-hybridized carbons (Fsp3) is 0.500. The average molecular weight is 373 g/mol. The fourth-order valence-corrected chi connectivity index (χ4v) is 3.02. The van der Waals surface area contributed by atoms with Gasteiger partial charge in [0.1, 0.15) is 0 Å². The Bertz CT molecular complexity index is 824. The van der Waals surface area contributed by atoms with Crippen LogP contribution in [0.1, 0.15) is 65.7 Å². The number of nitrogens with one attached hydrogen (secondary N) is 1. The number of pyridine rings is 1. The molecule has 0 radical (unpaired) electrons. The maximum absolute atomic E-state index is 12.6. The molecule has 2 aromatic rings. The van der Waals surface area contributed by atoms with Gasteiger partial charge < -0.3 is 20.2 Å². The third-order valence-electron chi connectivity index (χ3n) is 4.60. The number of hydrogen-bond donors (Lipinski definition) is 2. The smallest absolute Gasteiger partial charge is 0.294 e. The van der Waals surface area contributed by atoms with Crippen LogP contribution < -0.4 is 20.8 Å². The van der Waals surface area contributed by atoms with Crippen molar-refractivity contribution in [2.75, 3.05) is 12.3 Å². The Balaban J connectivity index is 2.24. The molecule has 0 bridgehead atoms. The van der Waals surface area contributed by atoms with Gasteiger partial charge in [-0.3, -0.25) is 4.79 Å². The molecule has 0 spiro atoms. The molecule has 0 saturated heterocycles. The Morgan fingerprint density at radius 3 is 2.56 bits per heavy atom. The number of allylic oxidation sites excluding steroid dienone is 2. The van der Waals surface area contributed by atoms with Crippen LogP contribution in [-0.4, -0.2) is 11.6 Å². The van der Waals surface area contributed by atoms with Gasteiger partial charge in [-0.05, 0) is 37.6 Å². The number of aromatic nitrogens is 1. The molecule has 1 aromatic carbocycles. The van der Waals surface area contributed by atoms with Crippen molar-refractivity contribution >= 4 is 16.6 Å². The Morgan fingerprint density at radius 1 is 1.11 bits per heavy atom. The average Bonchev–Trinajstić information content (AvgIpc) is 2.66. The first-order valence-corrected chi connectivity index (χ1v) is 10.0. The van der Waals surface area contributed by atoms with Crippen molar-refractivity contribution in [3.8, 4) is 11.5 Å². The molecule has 27 heavy (non-hydrogen) atoms. The van der Waals surface area contributed by atoms with Crippen LogP contribution in [0.2, 0.25) is 0 Å². The molecule has 0 saturated carbocycles. The van der Waals surface area contributed by atoms with Gasteiger partial charge in [0.15, 0.2) is 5.75 Å². The molecule has 0 aliphatic rings. The summed E-state index contributed by atoms with van der Waals surface area (Å²) in [5.41, 5.74) is 6.80. The number of benzene rings is 1. The summed E-state index contributed by atoms with van der Waals surface area (Å²) in [5.74, 6) is 1.51. The number of nitrogens with two attached hydrogens (primary N) is 1. The molecule has 1 heterocycles. The third-order valence-corrected chi connectivity index (χ3v) is 4.60. The lowest BCUT2D eigenvalue weighted by Gasteiger charge is -2.15. The topological polar surface area (TPSA) is 77.3 Å². The van der Waals surface area contributed by atoms with E-state index in [1.54, 1.807) is 12.1 Å². The summed E-state index contributed by atoms with van der Waals surface area (Å²) in [6, 6.07) is 5.39. The van der Waals surface area contributed by atoms with E-state index in [-0.39, 0.29) is 11.3 Å². The van der Waals surface area contributed by atoms with Crippen LogP contribution in [0.15, 0.2) is 34.8 Å². The molecule has 0 aliphatic carbocycles. The molecule has 1 aromatic heterocycles. The number of anilines is 1. The zero-order valence-corrected chi connectivity index (χ0v) is 16.8. The fourth-order valence-electron chi connectivity index (χ4n) is 3.02. The highest BCUT2D eigenvalue weighted by Crippen LogP contribution is 2.34. The Morgan fingerprint density at radius 2 is 1.85 bits per heavy atom. The standard InChI is InChI=1S/C22H32N2O3/c1-4-7-8-9-10-11-14-26-21-20(27-17(5-2)6-3)18-13-12-16(23)15-19(18)24-22(21)25/h5,12-13,15H,4,6-11,14,23H2,1-3H3,(H,24,25). The number of unbranched alkanes of at least 4 members (excludes halogenated alkanes) is 5. The maximum atomic E-state index is 12.6. The summed E-state index contributed by atoms with van der Waals surface area (Å²) in [6.45, 7) is 6.64. The lowest BCUT2D eigenvalue weighted by Crippen LogP contribution is -2.14. The van der Waals surface area contributed by atoms with Crippen LogP contribution in [0.5, 0.6) is 11.5 Å². The lowest BCUT2D eigenvalue weighted by atomic mass is 10.1. The molecule has 0 aliphatic heterocycles. The van der Waals surface area contributed by atoms with Crippen molar-refractivity contribution in [1.29, 1.82) is 0 Å². The second-order valence-electron chi connectivity index (χ2n) is 6.74. The van der Waals surface area contributed by atoms with Gasteiger partial charge in [-0.25, -0.2) is 0 Å². The molecular formula is C22H32N2O3. The van der Waals surface area contributed by atoms with Crippen LogP contribution in [-0.2, 0) is 0 Å². The van der Waals surface area contributed by atoms with Gasteiger partial charge in [-0.15, -0.1) is 0 Å². The number of rotatable bonds is 11. The van der Waals surface area contributed by atoms with Gasteiger partial charge in [-0.2, -0.15) is 0 Å². The second kappa shape index (κ2) is 10.7. The van der Waals surface area contributed by atoms with Crippen molar-refractivity contribution < 1.29 is 9.47 Å².